The number of imidazole rings is 1. The molecule has 1 heterocycles. The second-order valence-corrected chi connectivity index (χ2v) is 5.04. The summed E-state index contributed by atoms with van der Waals surface area (Å²) in [4.78, 5) is 4.02. The third kappa shape index (κ3) is 3.48. The number of hydrogen-bond acceptors (Lipinski definition) is 2. The molecule has 0 aliphatic heterocycles. The van der Waals surface area contributed by atoms with Crippen molar-refractivity contribution in [3.63, 3.8) is 0 Å². The normalized spacial score (nSPS) is 12.6. The number of aromatic nitrogens is 2. The summed E-state index contributed by atoms with van der Waals surface area (Å²) in [6.45, 7) is 3.70. The Morgan fingerprint density at radius 1 is 1.39 bits per heavy atom. The van der Waals surface area contributed by atoms with Gasteiger partial charge in [-0.05, 0) is 18.6 Å². The van der Waals surface area contributed by atoms with E-state index in [4.69, 9.17) is 23.2 Å². The molecule has 0 saturated heterocycles. The Kier molecular flexibility index (Phi) is 4.64. The van der Waals surface area contributed by atoms with Gasteiger partial charge in [0.05, 0.1) is 16.4 Å². The third-order valence-electron chi connectivity index (χ3n) is 2.72. The first-order valence-corrected chi connectivity index (χ1v) is 6.54. The minimum Gasteiger partial charge on any atom is -0.336 e. The largest absolute Gasteiger partial charge is 0.336 e. The van der Waals surface area contributed by atoms with Crippen molar-refractivity contribution in [2.45, 2.75) is 26.1 Å². The van der Waals surface area contributed by atoms with Gasteiger partial charge in [0.2, 0.25) is 0 Å². The van der Waals surface area contributed by atoms with Crippen molar-refractivity contribution in [3.8, 4) is 0 Å². The zero-order chi connectivity index (χ0) is 13.0. The van der Waals surface area contributed by atoms with Crippen LogP contribution in [0.25, 0.3) is 0 Å². The van der Waals surface area contributed by atoms with Crippen LogP contribution in [-0.4, -0.2) is 15.6 Å². The Labute approximate surface area is 117 Å². The van der Waals surface area contributed by atoms with Crippen LogP contribution >= 0.6 is 23.2 Å². The SMILES string of the molecule is CC(Cn1ccnc1)NCc1cccc(Cl)c1Cl. The van der Waals surface area contributed by atoms with E-state index in [1.165, 1.54) is 0 Å². The molecule has 0 aliphatic rings. The molecule has 2 aromatic rings. The lowest BCUT2D eigenvalue weighted by atomic mass is 10.2. The maximum Gasteiger partial charge on any atom is 0.0946 e. The summed E-state index contributed by atoms with van der Waals surface area (Å²) in [6, 6.07) is 6.01. The zero-order valence-corrected chi connectivity index (χ0v) is 11.6. The average Bonchev–Trinajstić information content (AvgIpc) is 2.84. The topological polar surface area (TPSA) is 29.9 Å². The highest BCUT2D eigenvalue weighted by atomic mass is 35.5. The summed E-state index contributed by atoms with van der Waals surface area (Å²) in [5.74, 6) is 0. The Hall–Kier alpha value is -1.03. The summed E-state index contributed by atoms with van der Waals surface area (Å²) in [6.07, 6.45) is 5.54. The molecule has 1 atom stereocenters. The van der Waals surface area contributed by atoms with Crippen LogP contribution in [0.2, 0.25) is 10.0 Å². The van der Waals surface area contributed by atoms with Crippen molar-refractivity contribution in [1.29, 1.82) is 0 Å². The van der Waals surface area contributed by atoms with Crippen LogP contribution < -0.4 is 5.32 Å². The van der Waals surface area contributed by atoms with E-state index in [-0.39, 0.29) is 0 Å². The molecule has 0 saturated carbocycles. The number of nitrogens with one attached hydrogen (secondary N) is 1. The van der Waals surface area contributed by atoms with E-state index in [0.29, 0.717) is 22.6 Å². The summed E-state index contributed by atoms with van der Waals surface area (Å²) < 4.78 is 2.04. The zero-order valence-electron chi connectivity index (χ0n) is 10.1. The molecule has 96 valence electrons. The number of benzene rings is 1. The second kappa shape index (κ2) is 6.23. The number of rotatable bonds is 5. The van der Waals surface area contributed by atoms with Gasteiger partial charge in [-0.2, -0.15) is 0 Å². The van der Waals surface area contributed by atoms with Gasteiger partial charge in [-0.15, -0.1) is 0 Å². The van der Waals surface area contributed by atoms with Gasteiger partial charge in [0.15, 0.2) is 0 Å². The molecular formula is C13H15Cl2N3. The molecule has 0 aliphatic carbocycles. The van der Waals surface area contributed by atoms with Gasteiger partial charge in [-0.1, -0.05) is 35.3 Å². The van der Waals surface area contributed by atoms with Crippen molar-refractivity contribution >= 4 is 23.2 Å². The highest BCUT2D eigenvalue weighted by Gasteiger charge is 2.06. The van der Waals surface area contributed by atoms with Gasteiger partial charge in [-0.3, -0.25) is 0 Å². The minimum absolute atomic E-state index is 0.328. The monoisotopic (exact) mass is 283 g/mol. The van der Waals surface area contributed by atoms with Gasteiger partial charge in [0, 0.05) is 31.5 Å². The molecule has 0 spiro atoms. The van der Waals surface area contributed by atoms with E-state index < -0.39 is 0 Å². The maximum atomic E-state index is 6.13. The van der Waals surface area contributed by atoms with Gasteiger partial charge in [0.1, 0.15) is 0 Å². The van der Waals surface area contributed by atoms with Gasteiger partial charge < -0.3 is 9.88 Å². The highest BCUT2D eigenvalue weighted by molar-refractivity contribution is 6.42. The van der Waals surface area contributed by atoms with Crippen LogP contribution in [0.3, 0.4) is 0 Å². The van der Waals surface area contributed by atoms with Crippen LogP contribution in [0.5, 0.6) is 0 Å². The maximum absolute atomic E-state index is 6.13. The van der Waals surface area contributed by atoms with Crippen LogP contribution in [0.1, 0.15) is 12.5 Å². The molecule has 3 nitrogen and oxygen atoms in total. The highest BCUT2D eigenvalue weighted by Crippen LogP contribution is 2.25. The van der Waals surface area contributed by atoms with E-state index in [0.717, 1.165) is 12.1 Å². The molecule has 1 aromatic carbocycles. The van der Waals surface area contributed by atoms with Gasteiger partial charge >= 0.3 is 0 Å². The lowest BCUT2D eigenvalue weighted by Gasteiger charge is -2.15. The molecule has 0 bridgehead atoms. The molecule has 0 amide bonds. The van der Waals surface area contributed by atoms with Crippen molar-refractivity contribution in [1.82, 2.24) is 14.9 Å². The molecule has 5 heteroatoms. The molecule has 0 radical (unpaired) electrons. The average molecular weight is 284 g/mol. The fourth-order valence-corrected chi connectivity index (χ4v) is 2.13. The quantitative estimate of drug-likeness (QED) is 0.912. The molecular weight excluding hydrogens is 269 g/mol. The van der Waals surface area contributed by atoms with Crippen molar-refractivity contribution < 1.29 is 0 Å². The van der Waals surface area contributed by atoms with E-state index in [1.54, 1.807) is 12.3 Å². The van der Waals surface area contributed by atoms with Crippen LogP contribution in [0.4, 0.5) is 0 Å². The Morgan fingerprint density at radius 3 is 2.94 bits per heavy atom. The first-order chi connectivity index (χ1) is 8.66. The Morgan fingerprint density at radius 2 is 2.22 bits per heavy atom. The van der Waals surface area contributed by atoms with E-state index >= 15 is 0 Å². The van der Waals surface area contributed by atoms with E-state index in [2.05, 4.69) is 17.2 Å². The number of halogens is 2. The van der Waals surface area contributed by atoms with Crippen molar-refractivity contribution in [3.05, 3.63) is 52.5 Å². The van der Waals surface area contributed by atoms with Gasteiger partial charge in [0.25, 0.3) is 0 Å². The number of nitrogens with zero attached hydrogens (tertiary/aromatic N) is 2. The van der Waals surface area contributed by atoms with Crippen LogP contribution in [-0.2, 0) is 13.1 Å². The molecule has 1 aromatic heterocycles. The molecule has 2 rings (SSSR count). The predicted molar refractivity (Wildman–Crippen MR) is 75.0 cm³/mol. The minimum atomic E-state index is 0.328. The molecule has 1 N–H and O–H groups in total. The molecule has 18 heavy (non-hydrogen) atoms. The fraction of sp³-hybridized carbons (Fsp3) is 0.308. The summed E-state index contributed by atoms with van der Waals surface area (Å²) >= 11 is 12.1. The predicted octanol–water partition coefficient (Wildman–Crippen LogP) is 3.37. The number of hydrogen-bond donors (Lipinski definition) is 1. The lowest BCUT2D eigenvalue weighted by Crippen LogP contribution is -2.29. The summed E-state index contributed by atoms with van der Waals surface area (Å²) in [5.41, 5.74) is 1.02. The van der Waals surface area contributed by atoms with Crippen molar-refractivity contribution in [2.75, 3.05) is 0 Å². The molecule has 0 fully saturated rings. The summed E-state index contributed by atoms with van der Waals surface area (Å²) in [7, 11) is 0. The van der Waals surface area contributed by atoms with E-state index in [1.807, 2.05) is 29.2 Å². The third-order valence-corrected chi connectivity index (χ3v) is 3.57. The molecule has 1 unspecified atom stereocenters. The van der Waals surface area contributed by atoms with Crippen LogP contribution in [0.15, 0.2) is 36.9 Å². The second-order valence-electron chi connectivity index (χ2n) is 4.25. The first kappa shape index (κ1) is 13.4. The van der Waals surface area contributed by atoms with Gasteiger partial charge in [-0.25, -0.2) is 4.98 Å². The Balaban J connectivity index is 1.89. The Bertz CT molecular complexity index is 497. The summed E-state index contributed by atoms with van der Waals surface area (Å²) in [5, 5.41) is 4.64. The van der Waals surface area contributed by atoms with Crippen LogP contribution in [0, 0.1) is 0 Å². The smallest absolute Gasteiger partial charge is 0.0946 e. The van der Waals surface area contributed by atoms with E-state index in [9.17, 15) is 0 Å². The first-order valence-electron chi connectivity index (χ1n) is 5.79. The standard InChI is InChI=1S/C13H15Cl2N3/c1-10(8-18-6-5-16-9-18)17-7-11-3-2-4-12(14)13(11)15/h2-6,9-10,17H,7-8H2,1H3. The van der Waals surface area contributed by atoms with Crippen molar-refractivity contribution in [2.24, 2.45) is 0 Å². The fourth-order valence-electron chi connectivity index (χ4n) is 1.74. The lowest BCUT2D eigenvalue weighted by molar-refractivity contribution is 0.476.